The van der Waals surface area contributed by atoms with Gasteiger partial charge in [0.15, 0.2) is 0 Å². The van der Waals surface area contributed by atoms with Gasteiger partial charge in [0.2, 0.25) is 0 Å². The van der Waals surface area contributed by atoms with Crippen LogP contribution in [0, 0.1) is 6.92 Å². The highest BCUT2D eigenvalue weighted by molar-refractivity contribution is 5.94. The van der Waals surface area contributed by atoms with Crippen LogP contribution in [-0.2, 0) is 5.41 Å². The first kappa shape index (κ1) is 31.0. The fourth-order valence-corrected chi connectivity index (χ4v) is 6.97. The third kappa shape index (κ3) is 5.52. The largest absolute Gasteiger partial charge is 0.310 e. The summed E-state index contributed by atoms with van der Waals surface area (Å²) in [5, 5.41) is 1.24. The van der Waals surface area contributed by atoms with E-state index in [0.29, 0.717) is 0 Å². The molecule has 0 fully saturated rings. The van der Waals surface area contributed by atoms with E-state index in [2.05, 4.69) is 191 Å². The van der Waals surface area contributed by atoms with E-state index in [1.165, 1.54) is 61.0 Å². The molecule has 0 radical (unpaired) electrons. The zero-order valence-corrected chi connectivity index (χ0v) is 28.3. The van der Waals surface area contributed by atoms with Crippen LogP contribution in [0.15, 0.2) is 164 Å². The van der Waals surface area contributed by atoms with Gasteiger partial charge in [-0.25, -0.2) is 0 Å². The van der Waals surface area contributed by atoms with Crippen molar-refractivity contribution in [2.75, 3.05) is 0 Å². The summed E-state index contributed by atoms with van der Waals surface area (Å²) in [6.07, 6.45) is 8.86. The monoisotopic (exact) mass is 619 g/mol. The minimum absolute atomic E-state index is 0.0681. The van der Waals surface area contributed by atoms with E-state index >= 15 is 0 Å². The first-order valence-corrected chi connectivity index (χ1v) is 16.7. The number of rotatable bonds is 7. The maximum Gasteiger partial charge on any atom is 0.0537 e. The topological polar surface area (TPSA) is 4.93 Å². The highest BCUT2D eigenvalue weighted by atomic mass is 15.0. The Bertz CT molecular complexity index is 2270. The Morgan fingerprint density at radius 2 is 1.35 bits per heavy atom. The van der Waals surface area contributed by atoms with Gasteiger partial charge in [-0.2, -0.15) is 0 Å². The molecule has 1 aromatic heterocycles. The van der Waals surface area contributed by atoms with Gasteiger partial charge < -0.3 is 4.57 Å². The lowest BCUT2D eigenvalue weighted by Crippen LogP contribution is -2.13. The molecule has 0 unspecified atom stereocenters. The zero-order chi connectivity index (χ0) is 33.4. The van der Waals surface area contributed by atoms with Crippen LogP contribution < -0.4 is 0 Å². The van der Waals surface area contributed by atoms with E-state index in [0.717, 1.165) is 22.5 Å². The van der Waals surface area contributed by atoms with E-state index in [9.17, 15) is 0 Å². The van der Waals surface area contributed by atoms with Gasteiger partial charge in [0.05, 0.1) is 5.52 Å². The van der Waals surface area contributed by atoms with E-state index in [4.69, 9.17) is 0 Å². The molecule has 0 spiro atoms. The van der Waals surface area contributed by atoms with Gasteiger partial charge >= 0.3 is 0 Å². The fraction of sp³-hybridized carbons (Fsp3) is 0.106. The van der Waals surface area contributed by atoms with Crippen molar-refractivity contribution in [2.45, 2.75) is 33.1 Å². The molecule has 7 rings (SSSR count). The number of aromatic nitrogens is 1. The summed E-state index contributed by atoms with van der Waals surface area (Å²) in [4.78, 5) is 0. The Balaban J connectivity index is 1.24. The molecule has 1 nitrogen and oxygen atoms in total. The number of hydrogen-bond acceptors (Lipinski definition) is 0. The Morgan fingerprint density at radius 1 is 0.729 bits per heavy atom. The minimum atomic E-state index is -0.0681. The molecule has 0 saturated heterocycles. The normalized spacial score (nSPS) is 15.0. The van der Waals surface area contributed by atoms with Crippen LogP contribution in [0.3, 0.4) is 0 Å². The molecule has 1 heterocycles. The van der Waals surface area contributed by atoms with E-state index in [1.807, 2.05) is 6.07 Å². The number of fused-ring (bicyclic) bond motifs is 2. The quantitative estimate of drug-likeness (QED) is 0.157. The number of aryl methyl sites for hydroxylation is 1. The van der Waals surface area contributed by atoms with E-state index in [-0.39, 0.29) is 5.41 Å². The van der Waals surface area contributed by atoms with Gasteiger partial charge in [-0.1, -0.05) is 148 Å². The summed E-state index contributed by atoms with van der Waals surface area (Å²) in [5.74, 6) is 0. The smallest absolute Gasteiger partial charge is 0.0537 e. The summed E-state index contributed by atoms with van der Waals surface area (Å²) >= 11 is 0. The van der Waals surface area contributed by atoms with Crippen LogP contribution in [0.1, 0.15) is 54.3 Å². The van der Waals surface area contributed by atoms with Crippen LogP contribution >= 0.6 is 0 Å². The first-order chi connectivity index (χ1) is 23.2. The molecule has 1 aliphatic rings. The van der Waals surface area contributed by atoms with Gasteiger partial charge in [-0.3, -0.25) is 0 Å². The summed E-state index contributed by atoms with van der Waals surface area (Å²) < 4.78 is 2.36. The number of allylic oxidation sites excluding steroid dienone is 7. The first-order valence-electron chi connectivity index (χ1n) is 16.7. The van der Waals surface area contributed by atoms with Crippen LogP contribution in [0.25, 0.3) is 50.5 Å². The lowest BCUT2D eigenvalue weighted by atomic mass is 9.83. The molecule has 0 N–H and O–H groups in total. The number of benzene rings is 5. The molecule has 48 heavy (non-hydrogen) atoms. The van der Waals surface area contributed by atoms with Crippen molar-refractivity contribution in [2.24, 2.45) is 0 Å². The minimum Gasteiger partial charge on any atom is -0.310 e. The molecule has 5 aromatic carbocycles. The summed E-state index contributed by atoms with van der Waals surface area (Å²) in [7, 11) is 0. The number of hydrogen-bond donors (Lipinski definition) is 0. The molecule has 0 aliphatic heterocycles. The van der Waals surface area contributed by atoms with Crippen molar-refractivity contribution in [1.82, 2.24) is 4.57 Å². The van der Waals surface area contributed by atoms with Gasteiger partial charge in [-0.05, 0) is 105 Å². The molecule has 234 valence electrons. The molecule has 6 aromatic rings. The second-order valence-corrected chi connectivity index (χ2v) is 13.3. The van der Waals surface area contributed by atoms with Crippen LogP contribution in [0.2, 0.25) is 0 Å². The van der Waals surface area contributed by atoms with Crippen molar-refractivity contribution in [3.05, 3.63) is 198 Å². The lowest BCUT2D eigenvalue weighted by molar-refractivity contribution is 0.663. The Kier molecular flexibility index (Phi) is 8.07. The van der Waals surface area contributed by atoms with Crippen molar-refractivity contribution < 1.29 is 0 Å². The Labute approximate surface area is 285 Å². The summed E-state index contributed by atoms with van der Waals surface area (Å²) in [6.45, 7) is 17.9. The Hall–Kier alpha value is -5.66. The van der Waals surface area contributed by atoms with E-state index in [1.54, 1.807) is 0 Å². The van der Waals surface area contributed by atoms with Gasteiger partial charge in [0.25, 0.3) is 0 Å². The van der Waals surface area contributed by atoms with Gasteiger partial charge in [0.1, 0.15) is 0 Å². The van der Waals surface area contributed by atoms with Crippen LogP contribution in [0.5, 0.6) is 0 Å². The summed E-state index contributed by atoms with van der Waals surface area (Å²) in [6, 6.07) is 45.3. The second-order valence-electron chi connectivity index (χ2n) is 13.3. The number of nitrogens with zero attached hydrogens (tertiary/aromatic N) is 1. The lowest BCUT2D eigenvalue weighted by Gasteiger charge is -2.20. The molecule has 1 heteroatoms. The highest BCUT2D eigenvalue weighted by Crippen LogP contribution is 2.48. The molecule has 1 aliphatic carbocycles. The molecule has 0 saturated carbocycles. The molecule has 0 amide bonds. The van der Waals surface area contributed by atoms with Crippen molar-refractivity contribution in [1.29, 1.82) is 0 Å². The number of para-hydroxylation sites is 1. The highest BCUT2D eigenvalue weighted by Gasteiger charge is 2.36. The third-order valence-electron chi connectivity index (χ3n) is 10.0. The third-order valence-corrected chi connectivity index (χ3v) is 10.0. The van der Waals surface area contributed by atoms with Crippen molar-refractivity contribution in [3.63, 3.8) is 0 Å². The maximum absolute atomic E-state index is 4.50. The Morgan fingerprint density at radius 3 is 2.08 bits per heavy atom. The van der Waals surface area contributed by atoms with Crippen LogP contribution in [0.4, 0.5) is 0 Å². The molecule has 0 bridgehead atoms. The maximum atomic E-state index is 4.50. The van der Waals surface area contributed by atoms with E-state index < -0.39 is 0 Å². The SMILES string of the molecule is C=C(/C=C\c1c(C)c2cc(/C(C)=C/C=C3\C(=C)C(C)(C)c4ccccc43)ccc2n1-c1ccccc1)c1ccc(-c2ccccc2)cc1. The predicted molar refractivity (Wildman–Crippen MR) is 208 cm³/mol. The van der Waals surface area contributed by atoms with Crippen molar-refractivity contribution in [3.8, 4) is 16.8 Å². The van der Waals surface area contributed by atoms with Crippen molar-refractivity contribution >= 4 is 33.7 Å². The average Bonchev–Trinajstić information content (AvgIpc) is 3.51. The second kappa shape index (κ2) is 12.5. The molecule has 0 atom stereocenters. The van der Waals surface area contributed by atoms with Crippen LogP contribution in [-0.4, -0.2) is 4.57 Å². The predicted octanol–water partition coefficient (Wildman–Crippen LogP) is 12.7. The zero-order valence-electron chi connectivity index (χ0n) is 28.3. The fourth-order valence-electron chi connectivity index (χ4n) is 6.97. The molecular formula is C47H41N. The molecular weight excluding hydrogens is 579 g/mol. The van der Waals surface area contributed by atoms with Gasteiger partial charge in [0, 0.05) is 22.2 Å². The van der Waals surface area contributed by atoms with Gasteiger partial charge in [-0.15, -0.1) is 0 Å². The average molecular weight is 620 g/mol. The summed E-state index contributed by atoms with van der Waals surface area (Å²) in [5.41, 5.74) is 16.6. The standard InChI is InChI=1S/C47H41N/c1-32(36-23-25-38(26-24-36)37-15-9-7-10-16-37)22-29-45-34(3)43-31-39(27-30-46(43)48(45)40-17-11-8-12-18-40)33(2)21-28-41-35(4)47(5,6)44-20-14-13-19-42(41)44/h7-31H,1,4H2,2-3,5-6H3/b29-22-,33-21+,41-28+.